The lowest BCUT2D eigenvalue weighted by atomic mass is 9.49. The molecule has 4 bridgehead atoms. The second kappa shape index (κ2) is 6.18. The van der Waals surface area contributed by atoms with Gasteiger partial charge in [-0.25, -0.2) is 0 Å². The molecule has 1 aromatic rings. The van der Waals surface area contributed by atoms with Gasteiger partial charge in [0.05, 0.1) is 0 Å². The normalized spacial score (nSPS) is 36.7. The summed E-state index contributed by atoms with van der Waals surface area (Å²) in [7, 11) is 1.98. The third-order valence-corrected chi connectivity index (χ3v) is 8.18. The summed E-state index contributed by atoms with van der Waals surface area (Å²) in [5, 5.41) is 7.29. The highest BCUT2D eigenvalue weighted by molar-refractivity contribution is 7.71. The first-order valence-corrected chi connectivity index (χ1v) is 10.8. The summed E-state index contributed by atoms with van der Waals surface area (Å²) >= 11 is 5.23. The number of hydrogen-bond donors (Lipinski definition) is 1. The Morgan fingerprint density at radius 1 is 1.15 bits per heavy atom. The largest absolute Gasteiger partial charge is 0.343 e. The van der Waals surface area contributed by atoms with Crippen molar-refractivity contribution in [1.29, 1.82) is 0 Å². The second-order valence-electron chi connectivity index (χ2n) is 9.70. The predicted octanol–water partition coefficient (Wildman–Crippen LogP) is 3.79. The van der Waals surface area contributed by atoms with Crippen LogP contribution in [0.4, 0.5) is 0 Å². The molecule has 5 fully saturated rings. The van der Waals surface area contributed by atoms with Gasteiger partial charge in [-0.1, -0.05) is 0 Å². The van der Waals surface area contributed by atoms with Crippen LogP contribution in [0, 0.1) is 27.9 Å². The molecule has 0 radical (unpaired) electrons. The summed E-state index contributed by atoms with van der Waals surface area (Å²) in [6.07, 6.45) is 11.1. The molecule has 5 nitrogen and oxygen atoms in total. The van der Waals surface area contributed by atoms with Crippen LogP contribution in [0.1, 0.15) is 69.5 Å². The van der Waals surface area contributed by atoms with Gasteiger partial charge in [-0.05, 0) is 86.8 Å². The molecule has 2 heterocycles. The lowest BCUT2D eigenvalue weighted by Gasteiger charge is -2.57. The Hall–Kier alpha value is -1.17. The Labute approximate surface area is 160 Å². The van der Waals surface area contributed by atoms with Gasteiger partial charge in [-0.15, -0.1) is 0 Å². The number of hydrogen-bond acceptors (Lipinski definition) is 3. The van der Waals surface area contributed by atoms with Gasteiger partial charge in [0.15, 0.2) is 4.77 Å². The maximum absolute atomic E-state index is 13.1. The molecule has 1 aromatic heterocycles. The van der Waals surface area contributed by atoms with E-state index in [9.17, 15) is 4.79 Å². The van der Waals surface area contributed by atoms with Crippen LogP contribution in [-0.2, 0) is 11.8 Å². The zero-order chi connectivity index (χ0) is 17.9. The molecule has 0 aromatic carbocycles. The summed E-state index contributed by atoms with van der Waals surface area (Å²) in [6, 6.07) is 0. The summed E-state index contributed by atoms with van der Waals surface area (Å²) in [5.74, 6) is 4.65. The standard InChI is InChI=1S/C20H30N4OS/c1-23-18(21-22-19(23)26)16-2-4-24(5-3-16)17(25)12-20-9-13-6-14(10-20)8-15(7-13)11-20/h13-16H,2-12H2,1H3,(H,22,26). The Kier molecular flexibility index (Phi) is 4.03. The van der Waals surface area contributed by atoms with Gasteiger partial charge in [0.1, 0.15) is 5.82 Å². The number of amides is 1. The zero-order valence-corrected chi connectivity index (χ0v) is 16.6. The van der Waals surface area contributed by atoms with E-state index in [1.54, 1.807) is 0 Å². The number of carbonyl (C=O) groups is 1. The minimum absolute atomic E-state index is 0.356. The number of H-pyrrole nitrogens is 1. The van der Waals surface area contributed by atoms with E-state index in [1.807, 2.05) is 11.6 Å². The molecule has 26 heavy (non-hydrogen) atoms. The van der Waals surface area contributed by atoms with E-state index < -0.39 is 0 Å². The Morgan fingerprint density at radius 3 is 2.23 bits per heavy atom. The van der Waals surface area contributed by atoms with E-state index in [-0.39, 0.29) is 0 Å². The number of rotatable bonds is 3. The van der Waals surface area contributed by atoms with Crippen LogP contribution in [0.5, 0.6) is 0 Å². The lowest BCUT2D eigenvalue weighted by Crippen LogP contribution is -2.49. The Morgan fingerprint density at radius 2 is 1.73 bits per heavy atom. The fraction of sp³-hybridized carbons (Fsp3) is 0.850. The van der Waals surface area contributed by atoms with Gasteiger partial charge in [0.2, 0.25) is 5.91 Å². The van der Waals surface area contributed by atoms with Crippen molar-refractivity contribution in [3.63, 3.8) is 0 Å². The van der Waals surface area contributed by atoms with Crippen LogP contribution in [0.3, 0.4) is 0 Å². The van der Waals surface area contributed by atoms with Crippen LogP contribution in [-0.4, -0.2) is 38.7 Å². The Balaban J connectivity index is 1.21. The SMILES string of the molecule is Cn1c(C2CCN(C(=O)CC34CC5CC(CC(C5)C3)C4)CC2)n[nH]c1=S. The fourth-order valence-corrected chi connectivity index (χ4v) is 7.19. The van der Waals surface area contributed by atoms with Crippen LogP contribution < -0.4 is 0 Å². The van der Waals surface area contributed by atoms with Gasteiger partial charge in [0, 0.05) is 32.5 Å². The number of nitrogens with zero attached hydrogens (tertiary/aromatic N) is 3. The first-order valence-electron chi connectivity index (χ1n) is 10.4. The van der Waals surface area contributed by atoms with E-state index in [0.717, 1.165) is 55.9 Å². The lowest BCUT2D eigenvalue weighted by molar-refractivity contribution is -0.140. The first kappa shape index (κ1) is 17.0. The van der Waals surface area contributed by atoms with Crippen LogP contribution >= 0.6 is 12.2 Å². The first-order chi connectivity index (χ1) is 12.5. The minimum atomic E-state index is 0.356. The molecular weight excluding hydrogens is 344 g/mol. The molecule has 4 aliphatic carbocycles. The number of piperidine rings is 1. The van der Waals surface area contributed by atoms with E-state index in [4.69, 9.17) is 12.2 Å². The number of aromatic nitrogens is 3. The molecule has 1 aliphatic heterocycles. The van der Waals surface area contributed by atoms with Crippen molar-refractivity contribution in [3.8, 4) is 0 Å². The summed E-state index contributed by atoms with van der Waals surface area (Å²) in [5.41, 5.74) is 0.356. The van der Waals surface area contributed by atoms with Crippen molar-refractivity contribution in [2.75, 3.05) is 13.1 Å². The zero-order valence-electron chi connectivity index (χ0n) is 15.7. The Bertz CT molecular complexity index is 723. The van der Waals surface area contributed by atoms with Gasteiger partial charge >= 0.3 is 0 Å². The second-order valence-corrected chi connectivity index (χ2v) is 10.1. The molecule has 1 saturated heterocycles. The molecule has 4 saturated carbocycles. The predicted molar refractivity (Wildman–Crippen MR) is 102 cm³/mol. The molecule has 142 valence electrons. The molecule has 1 amide bonds. The average molecular weight is 375 g/mol. The number of aromatic amines is 1. The molecular formula is C20H30N4OS. The van der Waals surface area contributed by atoms with E-state index >= 15 is 0 Å². The van der Waals surface area contributed by atoms with E-state index in [1.165, 1.54) is 38.5 Å². The number of likely N-dealkylation sites (tertiary alicyclic amines) is 1. The minimum Gasteiger partial charge on any atom is -0.343 e. The van der Waals surface area contributed by atoms with Crippen LogP contribution in [0.15, 0.2) is 0 Å². The van der Waals surface area contributed by atoms with Crippen molar-refractivity contribution < 1.29 is 4.79 Å². The smallest absolute Gasteiger partial charge is 0.223 e. The molecule has 0 spiro atoms. The summed E-state index contributed by atoms with van der Waals surface area (Å²) < 4.78 is 2.66. The van der Waals surface area contributed by atoms with E-state index in [0.29, 0.717) is 22.0 Å². The third kappa shape index (κ3) is 2.85. The number of nitrogens with one attached hydrogen (secondary N) is 1. The topological polar surface area (TPSA) is 53.9 Å². The van der Waals surface area contributed by atoms with Gasteiger partial charge < -0.3 is 9.47 Å². The third-order valence-electron chi connectivity index (χ3n) is 7.82. The summed E-state index contributed by atoms with van der Waals surface area (Å²) in [4.78, 5) is 15.2. The molecule has 6 rings (SSSR count). The highest BCUT2D eigenvalue weighted by Gasteiger charge is 2.51. The number of carbonyl (C=O) groups excluding carboxylic acids is 1. The van der Waals surface area contributed by atoms with Crippen LogP contribution in [0.2, 0.25) is 0 Å². The quantitative estimate of drug-likeness (QED) is 0.819. The fourth-order valence-electron chi connectivity index (χ4n) is 7.05. The van der Waals surface area contributed by atoms with Crippen molar-refractivity contribution in [3.05, 3.63) is 10.6 Å². The van der Waals surface area contributed by atoms with Crippen molar-refractivity contribution in [2.24, 2.45) is 30.2 Å². The monoisotopic (exact) mass is 374 g/mol. The maximum Gasteiger partial charge on any atom is 0.223 e. The highest BCUT2D eigenvalue weighted by atomic mass is 32.1. The van der Waals surface area contributed by atoms with Gasteiger partial charge in [-0.2, -0.15) is 5.10 Å². The highest BCUT2D eigenvalue weighted by Crippen LogP contribution is 2.61. The van der Waals surface area contributed by atoms with Gasteiger partial charge in [-0.3, -0.25) is 9.89 Å². The van der Waals surface area contributed by atoms with Crippen molar-refractivity contribution in [1.82, 2.24) is 19.7 Å². The molecule has 5 aliphatic rings. The molecule has 1 N–H and O–H groups in total. The summed E-state index contributed by atoms with van der Waals surface area (Å²) in [6.45, 7) is 1.74. The van der Waals surface area contributed by atoms with Crippen molar-refractivity contribution >= 4 is 18.1 Å². The maximum atomic E-state index is 13.1. The van der Waals surface area contributed by atoms with E-state index in [2.05, 4.69) is 15.1 Å². The average Bonchev–Trinajstić information content (AvgIpc) is 2.92. The van der Waals surface area contributed by atoms with Gasteiger partial charge in [0.25, 0.3) is 0 Å². The van der Waals surface area contributed by atoms with Crippen LogP contribution in [0.25, 0.3) is 0 Å². The molecule has 0 atom stereocenters. The van der Waals surface area contributed by atoms with Crippen molar-refractivity contribution in [2.45, 2.75) is 63.7 Å². The molecule has 0 unspecified atom stereocenters. The molecule has 6 heteroatoms.